The number of anilines is 2. The Balaban J connectivity index is 2.40. The fraction of sp³-hybridized carbons (Fsp3) is 0. The predicted molar refractivity (Wildman–Crippen MR) is 77.8 cm³/mol. The van der Waals surface area contributed by atoms with Crippen molar-refractivity contribution >= 4 is 33.0 Å². The zero-order valence-electron chi connectivity index (χ0n) is 10.5. The van der Waals surface area contributed by atoms with Crippen LogP contribution in [0, 0.1) is 17.1 Å². The van der Waals surface area contributed by atoms with E-state index in [0.29, 0.717) is 0 Å². The maximum atomic E-state index is 13.6. The van der Waals surface area contributed by atoms with Crippen LogP contribution in [0.25, 0.3) is 0 Å². The Labute approximate surface area is 125 Å². The third-order valence-electron chi connectivity index (χ3n) is 2.59. The van der Waals surface area contributed by atoms with E-state index in [0.717, 1.165) is 12.1 Å². The molecule has 0 aliphatic rings. The third-order valence-corrected chi connectivity index (χ3v) is 4.30. The molecule has 0 aliphatic heterocycles. The van der Waals surface area contributed by atoms with Gasteiger partial charge < -0.3 is 5.73 Å². The fourth-order valence-corrected chi connectivity index (χ4v) is 2.99. The Morgan fingerprint density at radius 2 is 1.95 bits per heavy atom. The Morgan fingerprint density at radius 3 is 2.57 bits per heavy atom. The highest BCUT2D eigenvalue weighted by molar-refractivity contribution is 7.92. The van der Waals surface area contributed by atoms with E-state index < -0.39 is 20.7 Å². The number of nitrogens with zero attached hydrogens (tertiary/aromatic N) is 1. The van der Waals surface area contributed by atoms with Crippen LogP contribution in [0.2, 0.25) is 5.02 Å². The lowest BCUT2D eigenvalue weighted by Crippen LogP contribution is -2.15. The monoisotopic (exact) mass is 325 g/mol. The van der Waals surface area contributed by atoms with Crippen molar-refractivity contribution in [2.45, 2.75) is 4.90 Å². The summed E-state index contributed by atoms with van der Waals surface area (Å²) in [4.78, 5) is -0.567. The molecule has 0 fully saturated rings. The average molecular weight is 326 g/mol. The van der Waals surface area contributed by atoms with Gasteiger partial charge in [0.15, 0.2) is 0 Å². The van der Waals surface area contributed by atoms with Crippen LogP contribution in [0.15, 0.2) is 41.3 Å². The second-order valence-electron chi connectivity index (χ2n) is 4.10. The van der Waals surface area contributed by atoms with Crippen molar-refractivity contribution in [1.82, 2.24) is 0 Å². The fourth-order valence-electron chi connectivity index (χ4n) is 1.61. The molecule has 3 N–H and O–H groups in total. The van der Waals surface area contributed by atoms with E-state index in [4.69, 9.17) is 22.6 Å². The summed E-state index contributed by atoms with van der Waals surface area (Å²) < 4.78 is 40.1. The van der Waals surface area contributed by atoms with Gasteiger partial charge in [-0.2, -0.15) is 5.26 Å². The normalized spacial score (nSPS) is 10.9. The SMILES string of the molecule is N#Cc1ccc(NS(=O)(=O)c2cc(N)ccc2F)cc1Cl. The molecule has 0 atom stereocenters. The Kier molecular flexibility index (Phi) is 4.02. The van der Waals surface area contributed by atoms with Gasteiger partial charge in [0.25, 0.3) is 10.0 Å². The summed E-state index contributed by atoms with van der Waals surface area (Å²) in [6.45, 7) is 0. The van der Waals surface area contributed by atoms with E-state index in [-0.39, 0.29) is 22.0 Å². The van der Waals surface area contributed by atoms with Gasteiger partial charge in [0.05, 0.1) is 16.3 Å². The van der Waals surface area contributed by atoms with Gasteiger partial charge in [-0.15, -0.1) is 0 Å². The average Bonchev–Trinajstić information content (AvgIpc) is 2.41. The third kappa shape index (κ3) is 3.24. The molecule has 108 valence electrons. The molecule has 0 amide bonds. The predicted octanol–water partition coefficient (Wildman–Crippen LogP) is 2.73. The van der Waals surface area contributed by atoms with Crippen LogP contribution in [0.1, 0.15) is 5.56 Å². The van der Waals surface area contributed by atoms with Crippen LogP contribution in [0.4, 0.5) is 15.8 Å². The topological polar surface area (TPSA) is 96.0 Å². The molecule has 2 aromatic rings. The first-order valence-electron chi connectivity index (χ1n) is 5.61. The minimum Gasteiger partial charge on any atom is -0.399 e. The van der Waals surface area contributed by atoms with Gasteiger partial charge in [-0.05, 0) is 36.4 Å². The van der Waals surface area contributed by atoms with Gasteiger partial charge in [0, 0.05) is 5.69 Å². The Morgan fingerprint density at radius 1 is 1.24 bits per heavy atom. The number of benzene rings is 2. The number of nitriles is 1. The van der Waals surface area contributed by atoms with E-state index in [9.17, 15) is 12.8 Å². The first-order valence-corrected chi connectivity index (χ1v) is 7.47. The number of rotatable bonds is 3. The van der Waals surface area contributed by atoms with Crippen molar-refractivity contribution in [2.24, 2.45) is 0 Å². The zero-order chi connectivity index (χ0) is 15.6. The number of nitrogens with two attached hydrogens (primary N) is 1. The van der Waals surface area contributed by atoms with Crippen molar-refractivity contribution in [3.8, 4) is 6.07 Å². The first-order chi connectivity index (χ1) is 9.83. The number of sulfonamides is 1. The number of nitrogens with one attached hydrogen (secondary N) is 1. The molecule has 0 bridgehead atoms. The summed E-state index contributed by atoms with van der Waals surface area (Å²) in [5.74, 6) is -0.920. The standard InChI is InChI=1S/C13H9ClFN3O2S/c14-11-6-10(3-1-8(11)7-16)18-21(19,20)13-5-9(17)2-4-12(13)15/h1-6,18H,17H2. The molecule has 0 aliphatic carbocycles. The van der Waals surface area contributed by atoms with Crippen LogP contribution in [0.3, 0.4) is 0 Å². The van der Waals surface area contributed by atoms with Crippen LogP contribution in [-0.2, 0) is 10.0 Å². The molecule has 0 saturated carbocycles. The molecule has 2 rings (SSSR count). The summed E-state index contributed by atoms with van der Waals surface area (Å²) in [7, 11) is -4.15. The second kappa shape index (κ2) is 5.60. The lowest BCUT2D eigenvalue weighted by Gasteiger charge is -2.10. The molecule has 0 radical (unpaired) electrons. The molecule has 8 heteroatoms. The quantitative estimate of drug-likeness (QED) is 0.848. The number of halogens is 2. The van der Waals surface area contributed by atoms with Crippen LogP contribution in [0.5, 0.6) is 0 Å². The van der Waals surface area contributed by atoms with E-state index in [1.54, 1.807) is 0 Å². The van der Waals surface area contributed by atoms with Crippen LogP contribution < -0.4 is 10.5 Å². The molecule has 0 unspecified atom stereocenters. The van der Waals surface area contributed by atoms with Gasteiger partial charge in [-0.1, -0.05) is 11.6 Å². The minimum absolute atomic E-state index is 0.0887. The van der Waals surface area contributed by atoms with Crippen molar-refractivity contribution in [3.63, 3.8) is 0 Å². The summed E-state index contributed by atoms with van der Waals surface area (Å²) in [6, 6.07) is 9.07. The molecule has 5 nitrogen and oxygen atoms in total. The van der Waals surface area contributed by atoms with Crippen molar-refractivity contribution in [3.05, 3.63) is 52.8 Å². The molecule has 0 spiro atoms. The summed E-state index contributed by atoms with van der Waals surface area (Å²) in [5.41, 5.74) is 5.90. The van der Waals surface area contributed by atoms with Gasteiger partial charge in [0.2, 0.25) is 0 Å². The van der Waals surface area contributed by atoms with Gasteiger partial charge in [-0.25, -0.2) is 12.8 Å². The van der Waals surface area contributed by atoms with Crippen molar-refractivity contribution in [2.75, 3.05) is 10.5 Å². The number of hydrogen-bond acceptors (Lipinski definition) is 4. The largest absolute Gasteiger partial charge is 0.399 e. The molecule has 0 saturated heterocycles. The molecule has 2 aromatic carbocycles. The Bertz CT molecular complexity index is 847. The van der Waals surface area contributed by atoms with Crippen molar-refractivity contribution in [1.29, 1.82) is 5.26 Å². The summed E-state index contributed by atoms with van der Waals surface area (Å²) in [5, 5.41) is 8.84. The maximum absolute atomic E-state index is 13.6. The highest BCUT2D eigenvalue weighted by Crippen LogP contribution is 2.24. The van der Waals surface area contributed by atoms with Crippen molar-refractivity contribution < 1.29 is 12.8 Å². The van der Waals surface area contributed by atoms with E-state index in [1.807, 2.05) is 6.07 Å². The van der Waals surface area contributed by atoms with Crippen LogP contribution in [-0.4, -0.2) is 8.42 Å². The zero-order valence-corrected chi connectivity index (χ0v) is 12.0. The van der Waals surface area contributed by atoms with E-state index in [2.05, 4.69) is 4.72 Å². The van der Waals surface area contributed by atoms with E-state index in [1.165, 1.54) is 24.3 Å². The lowest BCUT2D eigenvalue weighted by atomic mass is 10.2. The second-order valence-corrected chi connectivity index (χ2v) is 6.16. The molecule has 0 aromatic heterocycles. The number of nitrogen functional groups attached to an aromatic ring is 1. The molecule has 21 heavy (non-hydrogen) atoms. The first kappa shape index (κ1) is 15.1. The highest BCUT2D eigenvalue weighted by Gasteiger charge is 2.20. The Hall–Kier alpha value is -2.30. The van der Waals surface area contributed by atoms with Gasteiger partial charge in [0.1, 0.15) is 16.8 Å². The highest BCUT2D eigenvalue weighted by atomic mass is 35.5. The summed E-state index contributed by atoms with van der Waals surface area (Å²) >= 11 is 5.81. The molecular weight excluding hydrogens is 317 g/mol. The van der Waals surface area contributed by atoms with E-state index >= 15 is 0 Å². The maximum Gasteiger partial charge on any atom is 0.264 e. The summed E-state index contributed by atoms with van der Waals surface area (Å²) in [6.07, 6.45) is 0. The van der Waals surface area contributed by atoms with Gasteiger partial charge in [-0.3, -0.25) is 4.72 Å². The number of hydrogen-bond donors (Lipinski definition) is 2. The van der Waals surface area contributed by atoms with Gasteiger partial charge >= 0.3 is 0 Å². The minimum atomic E-state index is -4.15. The molecular formula is C13H9ClFN3O2S. The lowest BCUT2D eigenvalue weighted by molar-refractivity contribution is 0.570. The smallest absolute Gasteiger partial charge is 0.264 e. The molecule has 0 heterocycles. The van der Waals surface area contributed by atoms with Crippen LogP contribution >= 0.6 is 11.6 Å².